The Morgan fingerprint density at radius 1 is 1.38 bits per heavy atom. The van der Waals surface area contributed by atoms with E-state index in [1.54, 1.807) is 20.8 Å². The average Bonchev–Trinajstić information content (AvgIpc) is 2.00. The van der Waals surface area contributed by atoms with E-state index in [2.05, 4.69) is 0 Å². The molecule has 0 saturated heterocycles. The van der Waals surface area contributed by atoms with E-state index in [0.717, 1.165) is 0 Å². The van der Waals surface area contributed by atoms with Crippen LogP contribution in [0.3, 0.4) is 0 Å². The van der Waals surface area contributed by atoms with Gasteiger partial charge in [-0.05, 0) is 5.41 Å². The van der Waals surface area contributed by atoms with Crippen LogP contribution in [0.4, 0.5) is 0 Å². The molecule has 1 N–H and O–H groups in total. The summed E-state index contributed by atoms with van der Waals surface area (Å²) in [6.07, 6.45) is -1.04. The monoisotopic (exact) mass is 228 g/mol. The Morgan fingerprint density at radius 2 is 1.77 bits per heavy atom. The van der Waals surface area contributed by atoms with Crippen molar-refractivity contribution < 1.29 is 13.5 Å². The van der Waals surface area contributed by atoms with Gasteiger partial charge in [-0.15, -0.1) is 11.6 Å². The molecule has 0 saturated carbocycles. The van der Waals surface area contributed by atoms with Gasteiger partial charge in [-0.25, -0.2) is 8.42 Å². The molecule has 0 fully saturated rings. The van der Waals surface area contributed by atoms with Gasteiger partial charge in [0.1, 0.15) is 0 Å². The predicted molar refractivity (Wildman–Crippen MR) is 54.6 cm³/mol. The maximum atomic E-state index is 11.3. The van der Waals surface area contributed by atoms with Crippen LogP contribution >= 0.6 is 11.6 Å². The Kier molecular flexibility index (Phi) is 4.22. The maximum absolute atomic E-state index is 11.3. The van der Waals surface area contributed by atoms with Crippen molar-refractivity contribution in [2.75, 3.05) is 5.75 Å². The second-order valence-corrected chi connectivity index (χ2v) is 7.25. The van der Waals surface area contributed by atoms with Gasteiger partial charge in [0.05, 0.1) is 6.10 Å². The first-order valence-corrected chi connectivity index (χ1v) is 6.32. The quantitative estimate of drug-likeness (QED) is 0.743. The van der Waals surface area contributed by atoms with Gasteiger partial charge < -0.3 is 5.11 Å². The molecule has 2 unspecified atom stereocenters. The van der Waals surface area contributed by atoms with Crippen molar-refractivity contribution in [3.8, 4) is 0 Å². The summed E-state index contributed by atoms with van der Waals surface area (Å²) >= 11 is 5.67. The van der Waals surface area contributed by atoms with Crippen molar-refractivity contribution in [3.63, 3.8) is 0 Å². The number of alkyl halides is 1. The molecule has 0 heterocycles. The number of aliphatic hydroxyl groups is 1. The summed E-state index contributed by atoms with van der Waals surface area (Å²) in [5, 5.41) is 9.61. The van der Waals surface area contributed by atoms with E-state index < -0.39 is 26.1 Å². The third kappa shape index (κ3) is 3.44. The molecule has 80 valence electrons. The maximum Gasteiger partial charge on any atom is 0.169 e. The van der Waals surface area contributed by atoms with Crippen molar-refractivity contribution in [1.82, 2.24) is 0 Å². The molecule has 0 aromatic heterocycles. The van der Waals surface area contributed by atoms with Crippen LogP contribution in [-0.4, -0.2) is 30.1 Å². The molecule has 0 rings (SSSR count). The van der Waals surface area contributed by atoms with Crippen LogP contribution in [-0.2, 0) is 9.84 Å². The predicted octanol–water partition coefficient (Wildman–Crippen LogP) is 1.39. The summed E-state index contributed by atoms with van der Waals surface area (Å²) in [5.74, 6) is -0.0473. The molecular formula is C8H17ClO3S. The van der Waals surface area contributed by atoms with E-state index in [4.69, 9.17) is 11.6 Å². The fourth-order valence-corrected chi connectivity index (χ4v) is 2.62. The first-order chi connectivity index (χ1) is 5.63. The lowest BCUT2D eigenvalue weighted by Gasteiger charge is -2.28. The van der Waals surface area contributed by atoms with Crippen LogP contribution in [0.25, 0.3) is 0 Å². The van der Waals surface area contributed by atoms with Crippen LogP contribution < -0.4 is 0 Å². The van der Waals surface area contributed by atoms with Crippen LogP contribution in [0.1, 0.15) is 27.7 Å². The van der Waals surface area contributed by atoms with Gasteiger partial charge in [0.2, 0.25) is 0 Å². The van der Waals surface area contributed by atoms with Gasteiger partial charge >= 0.3 is 0 Å². The Labute approximate surface area is 85.0 Å². The summed E-state index contributed by atoms with van der Waals surface area (Å²) in [7, 11) is -3.37. The molecule has 13 heavy (non-hydrogen) atoms. The second-order valence-electron chi connectivity index (χ2n) is 4.11. The Bertz CT molecular complexity index is 253. The van der Waals surface area contributed by atoms with Crippen molar-refractivity contribution in [2.24, 2.45) is 5.41 Å². The first kappa shape index (κ1) is 13.2. The standard InChI is InChI=1S/C8H17ClO3S/c1-5-13(11,12)7(9)6(10)8(2,3)4/h6-7,10H,5H2,1-4H3. The molecule has 0 bridgehead atoms. The molecule has 0 aromatic carbocycles. The summed E-state index contributed by atoms with van der Waals surface area (Å²) in [6, 6.07) is 0. The molecule has 2 atom stereocenters. The van der Waals surface area contributed by atoms with Crippen molar-refractivity contribution in [1.29, 1.82) is 0 Å². The highest BCUT2D eigenvalue weighted by Gasteiger charge is 2.36. The number of sulfone groups is 1. The molecule has 0 radical (unpaired) electrons. The lowest BCUT2D eigenvalue weighted by Crippen LogP contribution is -2.39. The summed E-state index contributed by atoms with van der Waals surface area (Å²) in [6.45, 7) is 6.76. The highest BCUT2D eigenvalue weighted by molar-refractivity contribution is 7.93. The number of aliphatic hydroxyl groups excluding tert-OH is 1. The summed E-state index contributed by atoms with van der Waals surface area (Å²) < 4.78 is 21.4. The number of halogens is 1. The zero-order valence-corrected chi connectivity index (χ0v) is 9.98. The smallest absolute Gasteiger partial charge is 0.169 e. The lowest BCUT2D eigenvalue weighted by molar-refractivity contribution is 0.0746. The average molecular weight is 229 g/mol. The minimum absolute atomic E-state index is 0.0473. The van der Waals surface area contributed by atoms with E-state index in [1.807, 2.05) is 0 Å². The van der Waals surface area contributed by atoms with E-state index in [-0.39, 0.29) is 5.75 Å². The number of hydrogen-bond donors (Lipinski definition) is 1. The van der Waals surface area contributed by atoms with Crippen LogP contribution in [0.5, 0.6) is 0 Å². The van der Waals surface area contributed by atoms with E-state index in [0.29, 0.717) is 0 Å². The topological polar surface area (TPSA) is 54.4 Å². The van der Waals surface area contributed by atoms with Crippen LogP contribution in [0, 0.1) is 5.41 Å². The largest absolute Gasteiger partial charge is 0.390 e. The fourth-order valence-electron chi connectivity index (χ4n) is 0.749. The zero-order chi connectivity index (χ0) is 10.9. The van der Waals surface area contributed by atoms with E-state index in [9.17, 15) is 13.5 Å². The molecule has 0 aromatic rings. The van der Waals surface area contributed by atoms with Crippen molar-refractivity contribution in [3.05, 3.63) is 0 Å². The molecule has 0 aliphatic carbocycles. The summed E-state index contributed by atoms with van der Waals surface area (Å²) in [5.41, 5.74) is -0.519. The van der Waals surface area contributed by atoms with Gasteiger partial charge in [0.15, 0.2) is 14.5 Å². The number of hydrogen-bond acceptors (Lipinski definition) is 3. The van der Waals surface area contributed by atoms with Gasteiger partial charge in [-0.1, -0.05) is 27.7 Å². The van der Waals surface area contributed by atoms with Crippen molar-refractivity contribution >= 4 is 21.4 Å². The molecule has 0 amide bonds. The van der Waals surface area contributed by atoms with Gasteiger partial charge in [0, 0.05) is 5.75 Å². The lowest BCUT2D eigenvalue weighted by atomic mass is 9.90. The Hall–Kier alpha value is 0.200. The van der Waals surface area contributed by atoms with Crippen LogP contribution in [0.2, 0.25) is 0 Å². The van der Waals surface area contributed by atoms with Gasteiger partial charge in [-0.3, -0.25) is 0 Å². The molecule has 3 nitrogen and oxygen atoms in total. The zero-order valence-electron chi connectivity index (χ0n) is 8.41. The number of rotatable bonds is 3. The molecule has 0 spiro atoms. The molecule has 5 heteroatoms. The Morgan fingerprint density at radius 3 is 2.00 bits per heavy atom. The third-order valence-corrected chi connectivity index (χ3v) is 4.68. The second kappa shape index (κ2) is 4.15. The summed E-state index contributed by atoms with van der Waals surface area (Å²) in [4.78, 5) is 0. The molecular weight excluding hydrogens is 212 g/mol. The SMILES string of the molecule is CCS(=O)(=O)C(Cl)C(O)C(C)(C)C. The fraction of sp³-hybridized carbons (Fsp3) is 1.00. The third-order valence-electron chi connectivity index (χ3n) is 1.88. The Balaban J connectivity index is 4.73. The highest BCUT2D eigenvalue weighted by atomic mass is 35.5. The van der Waals surface area contributed by atoms with Crippen LogP contribution in [0.15, 0.2) is 0 Å². The van der Waals surface area contributed by atoms with Gasteiger partial charge in [-0.2, -0.15) is 0 Å². The van der Waals surface area contributed by atoms with E-state index >= 15 is 0 Å². The minimum Gasteiger partial charge on any atom is -0.390 e. The minimum atomic E-state index is -3.37. The molecule has 0 aliphatic rings. The first-order valence-electron chi connectivity index (χ1n) is 4.16. The van der Waals surface area contributed by atoms with Gasteiger partial charge in [0.25, 0.3) is 0 Å². The van der Waals surface area contributed by atoms with E-state index in [1.165, 1.54) is 6.92 Å². The highest BCUT2D eigenvalue weighted by Crippen LogP contribution is 2.27. The normalized spacial score (nSPS) is 18.3. The molecule has 0 aliphatic heterocycles. The van der Waals surface area contributed by atoms with Crippen molar-refractivity contribution in [2.45, 2.75) is 38.5 Å².